The normalized spacial score (nSPS) is 13.8. The van der Waals surface area contributed by atoms with E-state index < -0.39 is 0 Å². The minimum absolute atomic E-state index is 0.444. The molecule has 4 nitrogen and oxygen atoms in total. The van der Waals surface area contributed by atoms with Crippen LogP contribution < -0.4 is 14.5 Å². The summed E-state index contributed by atoms with van der Waals surface area (Å²) in [6.45, 7) is 18.5. The predicted octanol–water partition coefficient (Wildman–Crippen LogP) is 21.3. The van der Waals surface area contributed by atoms with Crippen LogP contribution >= 0.6 is 0 Å². The fourth-order valence-electron chi connectivity index (χ4n) is 12.9. The SMILES string of the molecule is C=C1/C=C\C=C(\c2cc(C)c(N(c3ccccc3)c3cc(CCC)c4ccc5c(N(c6ccccc6)c6c(C)cc(-c7cccc8c7oc7ccccc78)cc6C)cc(CCC)c6ccc3c4c65)c(C)c2)COc2ccccc21. The van der Waals surface area contributed by atoms with Gasteiger partial charge in [0.25, 0.3) is 0 Å². The molecule has 0 fully saturated rings. The highest BCUT2D eigenvalue weighted by atomic mass is 16.5. The summed E-state index contributed by atoms with van der Waals surface area (Å²) >= 11 is 0. The van der Waals surface area contributed by atoms with Crippen LogP contribution in [0.25, 0.3) is 76.5 Å². The molecule has 11 aromatic carbocycles. The maximum Gasteiger partial charge on any atom is 0.143 e. The van der Waals surface area contributed by atoms with E-state index in [2.05, 4.69) is 240 Å². The lowest BCUT2D eigenvalue weighted by Crippen LogP contribution is -2.15. The molecule has 0 unspecified atom stereocenters. The van der Waals surface area contributed by atoms with Crippen LogP contribution in [0.5, 0.6) is 5.75 Å². The molecule has 13 rings (SSSR count). The minimum atomic E-state index is 0.444. The highest BCUT2D eigenvalue weighted by Crippen LogP contribution is 2.52. The van der Waals surface area contributed by atoms with E-state index in [4.69, 9.17) is 9.15 Å². The molecule has 12 aromatic rings. The number of hydrogen-bond donors (Lipinski definition) is 0. The van der Waals surface area contributed by atoms with Crippen LogP contribution in [0.4, 0.5) is 34.1 Å². The zero-order valence-corrected chi connectivity index (χ0v) is 46.1. The Balaban J connectivity index is 1.02. The second-order valence-corrected chi connectivity index (χ2v) is 21.6. The number of ether oxygens (including phenoxy) is 1. The van der Waals surface area contributed by atoms with Gasteiger partial charge in [-0.1, -0.05) is 167 Å². The summed E-state index contributed by atoms with van der Waals surface area (Å²) < 4.78 is 13.2. The fourth-order valence-corrected chi connectivity index (χ4v) is 12.9. The van der Waals surface area contributed by atoms with Crippen LogP contribution in [0, 0.1) is 27.7 Å². The molecule has 79 heavy (non-hydrogen) atoms. The largest absolute Gasteiger partial charge is 0.488 e. The van der Waals surface area contributed by atoms with Crippen molar-refractivity contribution < 1.29 is 9.15 Å². The van der Waals surface area contributed by atoms with Gasteiger partial charge in [-0.15, -0.1) is 0 Å². The van der Waals surface area contributed by atoms with E-state index in [0.29, 0.717) is 6.61 Å². The van der Waals surface area contributed by atoms with E-state index in [1.807, 2.05) is 24.3 Å². The standard InChI is InChI=1S/C75H64N2O2/c1-8-22-52-44-67(76(57-26-12-10-13-27-57)73-48(4)40-55(41-49(73)5)54-25-20-24-47(3)59-30-16-18-34-69(59)78-46-54)65-38-36-61-53(23-9-2)45-68(66-39-37-60(52)71(65)72(61)66)77(58-28-14-11-15-29-58)74-50(6)42-56(43-51(74)7)62-32-21-33-64-63-31-17-19-35-70(63)79-75(62)64/h10-21,24-45H,3,8-9,22-23,46H2,1-2,4-7H3/b24-20-,54-25+. The fraction of sp³-hybridized carbons (Fsp3) is 0.147. The molecule has 0 amide bonds. The Morgan fingerprint density at radius 2 is 0.962 bits per heavy atom. The van der Waals surface area contributed by atoms with Crippen molar-refractivity contribution >= 4 is 99.5 Å². The van der Waals surface area contributed by atoms with Crippen LogP contribution in [0.15, 0.2) is 217 Å². The molecule has 0 bridgehead atoms. The van der Waals surface area contributed by atoms with Crippen molar-refractivity contribution in [3.63, 3.8) is 0 Å². The number of allylic oxidation sites excluding steroid dienone is 4. The van der Waals surface area contributed by atoms with Gasteiger partial charge in [0.15, 0.2) is 0 Å². The molecule has 4 heteroatoms. The van der Waals surface area contributed by atoms with Crippen molar-refractivity contribution in [2.45, 2.75) is 67.2 Å². The van der Waals surface area contributed by atoms with Gasteiger partial charge in [-0.2, -0.15) is 0 Å². The molecule has 2 heterocycles. The second-order valence-electron chi connectivity index (χ2n) is 21.6. The molecule has 1 aromatic heterocycles. The molecule has 0 saturated carbocycles. The topological polar surface area (TPSA) is 28.9 Å². The van der Waals surface area contributed by atoms with E-state index in [9.17, 15) is 0 Å². The Kier molecular flexibility index (Phi) is 12.7. The molecule has 0 aliphatic carbocycles. The van der Waals surface area contributed by atoms with E-state index >= 15 is 0 Å². The first kappa shape index (κ1) is 49.5. The van der Waals surface area contributed by atoms with Crippen molar-refractivity contribution in [1.82, 2.24) is 0 Å². The van der Waals surface area contributed by atoms with E-state index in [0.717, 1.165) is 98.1 Å². The Morgan fingerprint density at radius 3 is 1.54 bits per heavy atom. The van der Waals surface area contributed by atoms with Gasteiger partial charge in [-0.05, 0) is 191 Å². The number of furan rings is 1. The van der Waals surface area contributed by atoms with Crippen molar-refractivity contribution in [3.8, 4) is 16.9 Å². The summed E-state index contributed by atoms with van der Waals surface area (Å²) in [5.41, 5.74) is 22.7. The van der Waals surface area contributed by atoms with Gasteiger partial charge in [0.1, 0.15) is 23.5 Å². The summed E-state index contributed by atoms with van der Waals surface area (Å²) in [6.07, 6.45) is 10.3. The zero-order valence-electron chi connectivity index (χ0n) is 46.1. The smallest absolute Gasteiger partial charge is 0.143 e. The lowest BCUT2D eigenvalue weighted by Gasteiger charge is -2.33. The van der Waals surface area contributed by atoms with E-state index in [1.54, 1.807) is 0 Å². The van der Waals surface area contributed by atoms with Gasteiger partial charge < -0.3 is 19.0 Å². The summed E-state index contributed by atoms with van der Waals surface area (Å²) in [5.74, 6) is 0.844. The maximum atomic E-state index is 6.61. The van der Waals surface area contributed by atoms with Gasteiger partial charge in [0.2, 0.25) is 0 Å². The van der Waals surface area contributed by atoms with Gasteiger partial charge in [-0.25, -0.2) is 0 Å². The summed E-state index contributed by atoms with van der Waals surface area (Å²) in [6, 6.07) is 69.1. The van der Waals surface area contributed by atoms with Gasteiger partial charge in [-0.3, -0.25) is 0 Å². The Hall–Kier alpha value is -9.12. The Morgan fingerprint density at radius 1 is 0.468 bits per heavy atom. The van der Waals surface area contributed by atoms with Crippen LogP contribution in [-0.4, -0.2) is 6.61 Å². The number of benzene rings is 11. The second kappa shape index (κ2) is 20.4. The number of aryl methyl sites for hydroxylation is 6. The Bertz CT molecular complexity index is 4360. The number of anilines is 6. The third-order valence-corrected chi connectivity index (χ3v) is 16.3. The van der Waals surface area contributed by atoms with Gasteiger partial charge in [0.05, 0.1) is 22.7 Å². The summed E-state index contributed by atoms with van der Waals surface area (Å²) in [4.78, 5) is 5.08. The van der Waals surface area contributed by atoms with Crippen LogP contribution in [-0.2, 0) is 12.8 Å². The van der Waals surface area contributed by atoms with E-state index in [-0.39, 0.29) is 0 Å². The quantitative estimate of drug-likeness (QED) is 0.114. The van der Waals surface area contributed by atoms with Crippen LogP contribution in [0.2, 0.25) is 0 Å². The molecule has 1 aliphatic heterocycles. The number of nitrogens with zero attached hydrogens (tertiary/aromatic N) is 2. The highest BCUT2D eigenvalue weighted by Gasteiger charge is 2.28. The summed E-state index contributed by atoms with van der Waals surface area (Å²) in [5, 5.41) is 10.0. The van der Waals surface area contributed by atoms with Crippen molar-refractivity contribution in [2.75, 3.05) is 16.4 Å². The highest BCUT2D eigenvalue weighted by molar-refractivity contribution is 6.29. The number of fused-ring (bicyclic) bond motifs is 4. The molecule has 0 radical (unpaired) electrons. The van der Waals surface area contributed by atoms with Crippen molar-refractivity contribution in [1.29, 1.82) is 0 Å². The number of rotatable bonds is 12. The van der Waals surface area contributed by atoms with E-state index in [1.165, 1.54) is 88.4 Å². The van der Waals surface area contributed by atoms with Crippen LogP contribution in [0.3, 0.4) is 0 Å². The molecule has 0 saturated heterocycles. The third kappa shape index (κ3) is 8.55. The summed E-state index contributed by atoms with van der Waals surface area (Å²) in [7, 11) is 0. The third-order valence-electron chi connectivity index (χ3n) is 16.3. The molecule has 386 valence electrons. The molecule has 0 N–H and O–H groups in total. The molecular weight excluding hydrogens is 961 g/mol. The Labute approximate surface area is 464 Å². The molecule has 0 atom stereocenters. The lowest BCUT2D eigenvalue weighted by molar-refractivity contribution is 0.369. The molecule has 1 aliphatic rings. The first-order valence-electron chi connectivity index (χ1n) is 28.1. The minimum Gasteiger partial charge on any atom is -0.488 e. The average molecular weight is 1030 g/mol. The number of hydrogen-bond acceptors (Lipinski definition) is 4. The first-order valence-corrected chi connectivity index (χ1v) is 28.1. The van der Waals surface area contributed by atoms with Crippen LogP contribution in [0.1, 0.15) is 71.2 Å². The predicted molar refractivity (Wildman–Crippen MR) is 337 cm³/mol. The monoisotopic (exact) mass is 1020 g/mol. The molecular formula is C75H64N2O2. The maximum absolute atomic E-state index is 6.61. The number of para-hydroxylation sites is 5. The van der Waals surface area contributed by atoms with Crippen molar-refractivity contribution in [2.24, 2.45) is 0 Å². The first-order chi connectivity index (χ1) is 38.7. The zero-order chi connectivity index (χ0) is 53.9. The lowest BCUT2D eigenvalue weighted by atomic mass is 9.86. The van der Waals surface area contributed by atoms with Gasteiger partial charge >= 0.3 is 0 Å². The average Bonchev–Trinajstić information content (AvgIpc) is 4.08. The van der Waals surface area contributed by atoms with Gasteiger partial charge in [0, 0.05) is 44.0 Å². The van der Waals surface area contributed by atoms with Crippen molar-refractivity contribution in [3.05, 3.63) is 257 Å². The molecule has 0 spiro atoms.